The number of carbonyl (C=O) groups excluding carboxylic acids is 2. The Hall–Kier alpha value is -1.43. The first-order chi connectivity index (χ1) is 8.87. The summed E-state index contributed by atoms with van der Waals surface area (Å²) in [5, 5.41) is 2.68. The van der Waals surface area contributed by atoms with Gasteiger partial charge in [-0.3, -0.25) is 9.69 Å². The standard InChI is InChI=1S/C13H14BrFN2O2/c1-3-13(2)11(18)17(12(19)16-13)7-8-4-5-9(15)6-10(8)14/h4-6H,3,7H2,1-2H3,(H,16,19). The number of nitrogens with one attached hydrogen (secondary N) is 1. The van der Waals surface area contributed by atoms with Crippen LogP contribution < -0.4 is 5.32 Å². The normalized spacial score (nSPS) is 22.8. The van der Waals surface area contributed by atoms with Gasteiger partial charge in [0.1, 0.15) is 11.4 Å². The number of amides is 3. The number of urea groups is 1. The third-order valence-corrected chi connectivity index (χ3v) is 4.13. The molecule has 0 radical (unpaired) electrons. The van der Waals surface area contributed by atoms with E-state index >= 15 is 0 Å². The maximum absolute atomic E-state index is 13.0. The molecule has 1 aliphatic heterocycles. The largest absolute Gasteiger partial charge is 0.325 e. The van der Waals surface area contributed by atoms with Crippen molar-refractivity contribution in [2.75, 3.05) is 0 Å². The van der Waals surface area contributed by atoms with E-state index in [2.05, 4.69) is 21.2 Å². The van der Waals surface area contributed by atoms with E-state index in [1.165, 1.54) is 12.1 Å². The molecule has 0 aromatic heterocycles. The molecule has 1 unspecified atom stereocenters. The van der Waals surface area contributed by atoms with Crippen LogP contribution in [0.25, 0.3) is 0 Å². The zero-order valence-electron chi connectivity index (χ0n) is 10.7. The summed E-state index contributed by atoms with van der Waals surface area (Å²) >= 11 is 3.23. The molecule has 1 heterocycles. The zero-order valence-corrected chi connectivity index (χ0v) is 12.3. The molecular formula is C13H14BrFN2O2. The Kier molecular flexibility index (Phi) is 3.62. The minimum atomic E-state index is -0.844. The topological polar surface area (TPSA) is 49.4 Å². The quantitative estimate of drug-likeness (QED) is 0.867. The monoisotopic (exact) mass is 328 g/mol. The van der Waals surface area contributed by atoms with Crippen LogP contribution in [0.4, 0.5) is 9.18 Å². The summed E-state index contributed by atoms with van der Waals surface area (Å²) in [6.45, 7) is 3.67. The van der Waals surface area contributed by atoms with E-state index in [9.17, 15) is 14.0 Å². The Morgan fingerprint density at radius 3 is 2.63 bits per heavy atom. The van der Waals surface area contributed by atoms with Crippen LogP contribution in [0.15, 0.2) is 22.7 Å². The third kappa shape index (κ3) is 2.49. The van der Waals surface area contributed by atoms with Crippen LogP contribution in [0.3, 0.4) is 0 Å². The van der Waals surface area contributed by atoms with Crippen molar-refractivity contribution in [2.24, 2.45) is 0 Å². The highest BCUT2D eigenvalue weighted by Crippen LogP contribution is 2.25. The summed E-state index contributed by atoms with van der Waals surface area (Å²) < 4.78 is 13.5. The number of hydrogen-bond donors (Lipinski definition) is 1. The summed E-state index contributed by atoms with van der Waals surface area (Å²) in [4.78, 5) is 25.2. The van der Waals surface area contributed by atoms with Gasteiger partial charge in [0.15, 0.2) is 0 Å². The van der Waals surface area contributed by atoms with Gasteiger partial charge in [0.2, 0.25) is 0 Å². The lowest BCUT2D eigenvalue weighted by Gasteiger charge is -2.19. The highest BCUT2D eigenvalue weighted by atomic mass is 79.9. The molecule has 1 atom stereocenters. The molecule has 0 bridgehead atoms. The number of benzene rings is 1. The van der Waals surface area contributed by atoms with Crippen LogP contribution in [-0.4, -0.2) is 22.4 Å². The van der Waals surface area contributed by atoms with Gasteiger partial charge in [-0.25, -0.2) is 9.18 Å². The summed E-state index contributed by atoms with van der Waals surface area (Å²) in [7, 11) is 0. The van der Waals surface area contributed by atoms with E-state index in [4.69, 9.17) is 0 Å². The second-order valence-electron chi connectivity index (χ2n) is 4.74. The fourth-order valence-corrected chi connectivity index (χ4v) is 2.43. The fourth-order valence-electron chi connectivity index (χ4n) is 1.95. The van der Waals surface area contributed by atoms with Crippen molar-refractivity contribution in [2.45, 2.75) is 32.4 Å². The predicted octanol–water partition coefficient (Wildman–Crippen LogP) is 2.81. The number of nitrogens with zero attached hydrogens (tertiary/aromatic N) is 1. The molecular weight excluding hydrogens is 315 g/mol. The van der Waals surface area contributed by atoms with Crippen LogP contribution in [0, 0.1) is 5.82 Å². The molecule has 3 amide bonds. The first kappa shape index (κ1) is 14.0. The number of halogens is 2. The Bertz CT molecular complexity index is 549. The number of rotatable bonds is 3. The molecule has 0 saturated carbocycles. The van der Waals surface area contributed by atoms with Gasteiger partial charge in [0.05, 0.1) is 6.54 Å². The molecule has 1 fully saturated rings. The Morgan fingerprint density at radius 2 is 2.11 bits per heavy atom. The van der Waals surface area contributed by atoms with Crippen molar-refractivity contribution in [3.8, 4) is 0 Å². The lowest BCUT2D eigenvalue weighted by Crippen LogP contribution is -2.43. The van der Waals surface area contributed by atoms with Crippen LogP contribution in [0.5, 0.6) is 0 Å². The van der Waals surface area contributed by atoms with E-state index in [0.717, 1.165) is 4.90 Å². The molecule has 4 nitrogen and oxygen atoms in total. The first-order valence-corrected chi connectivity index (χ1v) is 6.74. The molecule has 2 rings (SSSR count). The highest BCUT2D eigenvalue weighted by Gasteiger charge is 2.46. The zero-order chi connectivity index (χ0) is 14.2. The molecule has 1 aliphatic rings. The molecule has 1 aromatic carbocycles. The van der Waals surface area contributed by atoms with Gasteiger partial charge in [-0.15, -0.1) is 0 Å². The highest BCUT2D eigenvalue weighted by molar-refractivity contribution is 9.10. The van der Waals surface area contributed by atoms with Crippen molar-refractivity contribution >= 4 is 27.9 Å². The molecule has 1 saturated heterocycles. The van der Waals surface area contributed by atoms with Gasteiger partial charge in [0, 0.05) is 4.47 Å². The van der Waals surface area contributed by atoms with Gasteiger partial charge in [-0.1, -0.05) is 28.9 Å². The SMILES string of the molecule is CCC1(C)NC(=O)N(Cc2ccc(F)cc2Br)C1=O. The van der Waals surface area contributed by atoms with E-state index in [-0.39, 0.29) is 18.3 Å². The van der Waals surface area contributed by atoms with Crippen molar-refractivity contribution in [3.05, 3.63) is 34.1 Å². The first-order valence-electron chi connectivity index (χ1n) is 5.95. The van der Waals surface area contributed by atoms with Gasteiger partial charge in [-0.05, 0) is 31.0 Å². The average molecular weight is 329 g/mol. The molecule has 1 aromatic rings. The average Bonchev–Trinajstić information content (AvgIpc) is 2.56. The maximum Gasteiger partial charge on any atom is 0.325 e. The Labute approximate surface area is 119 Å². The van der Waals surface area contributed by atoms with E-state index in [0.29, 0.717) is 16.5 Å². The summed E-state index contributed by atoms with van der Waals surface area (Å²) in [5.41, 5.74) is -0.158. The van der Waals surface area contributed by atoms with Crippen LogP contribution in [0.1, 0.15) is 25.8 Å². The van der Waals surface area contributed by atoms with E-state index < -0.39 is 11.6 Å². The third-order valence-electron chi connectivity index (χ3n) is 3.40. The van der Waals surface area contributed by atoms with E-state index in [1.807, 2.05) is 6.92 Å². The molecule has 0 aliphatic carbocycles. The fraction of sp³-hybridized carbons (Fsp3) is 0.385. The van der Waals surface area contributed by atoms with Crippen LogP contribution in [-0.2, 0) is 11.3 Å². The molecule has 19 heavy (non-hydrogen) atoms. The maximum atomic E-state index is 13.0. The summed E-state index contributed by atoms with van der Waals surface area (Å²) in [5.74, 6) is -0.623. The molecule has 102 valence electrons. The van der Waals surface area contributed by atoms with Crippen LogP contribution >= 0.6 is 15.9 Å². The minimum Gasteiger partial charge on any atom is -0.323 e. The van der Waals surface area contributed by atoms with Gasteiger partial charge in [-0.2, -0.15) is 0 Å². The number of hydrogen-bond acceptors (Lipinski definition) is 2. The van der Waals surface area contributed by atoms with E-state index in [1.54, 1.807) is 13.0 Å². The number of imide groups is 1. The second kappa shape index (κ2) is 4.92. The lowest BCUT2D eigenvalue weighted by atomic mass is 9.99. The lowest BCUT2D eigenvalue weighted by molar-refractivity contribution is -0.131. The summed E-state index contributed by atoms with van der Waals surface area (Å²) in [6.07, 6.45) is 0.526. The van der Waals surface area contributed by atoms with Gasteiger partial charge in [0.25, 0.3) is 5.91 Å². The van der Waals surface area contributed by atoms with Crippen LogP contribution in [0.2, 0.25) is 0 Å². The molecule has 6 heteroatoms. The minimum absolute atomic E-state index is 0.126. The number of carbonyl (C=O) groups is 2. The summed E-state index contributed by atoms with van der Waals surface area (Å²) in [6, 6.07) is 3.76. The molecule has 0 spiro atoms. The smallest absolute Gasteiger partial charge is 0.323 e. The van der Waals surface area contributed by atoms with Gasteiger partial charge >= 0.3 is 6.03 Å². The Morgan fingerprint density at radius 1 is 1.42 bits per heavy atom. The van der Waals surface area contributed by atoms with Crippen molar-refractivity contribution < 1.29 is 14.0 Å². The van der Waals surface area contributed by atoms with Crippen molar-refractivity contribution in [3.63, 3.8) is 0 Å². The van der Waals surface area contributed by atoms with Crippen molar-refractivity contribution in [1.29, 1.82) is 0 Å². The molecule has 1 N–H and O–H groups in total. The van der Waals surface area contributed by atoms with Crippen molar-refractivity contribution in [1.82, 2.24) is 10.2 Å². The van der Waals surface area contributed by atoms with Gasteiger partial charge < -0.3 is 5.32 Å². The Balaban J connectivity index is 2.24. The second-order valence-corrected chi connectivity index (χ2v) is 5.60. The predicted molar refractivity (Wildman–Crippen MR) is 71.9 cm³/mol.